The summed E-state index contributed by atoms with van der Waals surface area (Å²) in [4.78, 5) is 49.3. The van der Waals surface area contributed by atoms with Crippen molar-refractivity contribution < 1.29 is 29.0 Å². The normalized spacial score (nSPS) is 14.8. The van der Waals surface area contributed by atoms with Gasteiger partial charge in [-0.1, -0.05) is 35.9 Å². The number of carboxylic acid groups (broad SMARTS) is 1. The number of nitrogens with one attached hydrogen (secondary N) is 1. The molecule has 9 nitrogen and oxygen atoms in total. The maximum Gasteiger partial charge on any atom is 0.337 e. The minimum absolute atomic E-state index is 0.0157. The van der Waals surface area contributed by atoms with Gasteiger partial charge in [-0.25, -0.2) is 14.8 Å². The van der Waals surface area contributed by atoms with Gasteiger partial charge in [0.05, 0.1) is 22.6 Å². The fourth-order valence-electron chi connectivity index (χ4n) is 4.26. The molecular formula is C29H26ClN3O6. The van der Waals surface area contributed by atoms with Crippen molar-refractivity contribution in [2.24, 2.45) is 0 Å². The molecule has 1 atom stereocenters. The van der Waals surface area contributed by atoms with Crippen LogP contribution in [0.4, 0.5) is 17.1 Å². The van der Waals surface area contributed by atoms with Crippen LogP contribution >= 0.6 is 11.6 Å². The first-order chi connectivity index (χ1) is 18.7. The number of para-hydroxylation sites is 1. The van der Waals surface area contributed by atoms with Gasteiger partial charge in [0.2, 0.25) is 5.91 Å². The third kappa shape index (κ3) is 6.17. The number of methoxy groups -OCH3 is 1. The molecule has 0 aromatic heterocycles. The number of anilines is 3. The van der Waals surface area contributed by atoms with E-state index >= 15 is 0 Å². The molecular weight excluding hydrogens is 522 g/mol. The summed E-state index contributed by atoms with van der Waals surface area (Å²) in [6, 6.07) is 18.1. The van der Waals surface area contributed by atoms with Gasteiger partial charge in [-0.3, -0.25) is 14.4 Å². The molecule has 2 amide bonds. The van der Waals surface area contributed by atoms with Crippen LogP contribution in [-0.4, -0.2) is 42.0 Å². The van der Waals surface area contributed by atoms with Crippen molar-refractivity contribution >= 4 is 52.2 Å². The molecule has 39 heavy (non-hydrogen) atoms. The first kappa shape index (κ1) is 27.6. The topological polar surface area (TPSA) is 116 Å². The lowest BCUT2D eigenvalue weighted by atomic mass is 10.1. The SMILES string of the molecule is COC1C=CC(=O)N(c2ccc(CCC(=O)Nc3ccccc3C(=O)O)cc2)N1c1cc(Cl)ccc1C(C)=O. The molecule has 0 radical (unpaired) electrons. The minimum Gasteiger partial charge on any atom is -0.478 e. The number of halogens is 1. The van der Waals surface area contributed by atoms with E-state index in [-0.39, 0.29) is 35.3 Å². The lowest BCUT2D eigenvalue weighted by Gasteiger charge is -2.42. The lowest BCUT2D eigenvalue weighted by Crippen LogP contribution is -2.55. The van der Waals surface area contributed by atoms with Crippen molar-refractivity contribution in [3.63, 3.8) is 0 Å². The van der Waals surface area contributed by atoms with Gasteiger partial charge < -0.3 is 15.2 Å². The standard InChI is InChI=1S/C29H26ClN3O6/c1-18(34)22-13-10-20(30)17-25(22)33-28(39-2)16-15-27(36)32(33)21-11-7-19(8-12-21)9-14-26(35)31-24-6-4-3-5-23(24)29(37)38/h3-8,10-13,15-17,28H,9,14H2,1-2H3,(H,31,35)(H,37,38). The molecule has 200 valence electrons. The average Bonchev–Trinajstić information content (AvgIpc) is 2.92. The van der Waals surface area contributed by atoms with Crippen molar-refractivity contribution in [2.75, 3.05) is 22.4 Å². The third-order valence-electron chi connectivity index (χ3n) is 6.15. The molecule has 10 heteroatoms. The molecule has 1 heterocycles. The van der Waals surface area contributed by atoms with Crippen molar-refractivity contribution in [3.8, 4) is 0 Å². The first-order valence-corrected chi connectivity index (χ1v) is 12.4. The number of carbonyl (C=O) groups is 4. The molecule has 1 unspecified atom stereocenters. The highest BCUT2D eigenvalue weighted by molar-refractivity contribution is 6.31. The molecule has 4 rings (SSSR count). The number of ether oxygens (including phenoxy) is 1. The van der Waals surface area contributed by atoms with Crippen LogP contribution in [0.1, 0.15) is 39.6 Å². The Morgan fingerprint density at radius 1 is 1.03 bits per heavy atom. The van der Waals surface area contributed by atoms with Gasteiger partial charge >= 0.3 is 5.97 Å². The summed E-state index contributed by atoms with van der Waals surface area (Å²) >= 11 is 6.26. The van der Waals surface area contributed by atoms with Crippen LogP contribution in [0.15, 0.2) is 78.9 Å². The van der Waals surface area contributed by atoms with Gasteiger partial charge in [-0.15, -0.1) is 0 Å². The van der Waals surface area contributed by atoms with E-state index < -0.39 is 12.2 Å². The predicted octanol–water partition coefficient (Wildman–Crippen LogP) is 5.11. The number of Topliss-reactive ketones (excluding diaryl/α,β-unsaturated/α-hetero) is 1. The van der Waals surface area contributed by atoms with Crippen LogP contribution in [0.2, 0.25) is 5.02 Å². The molecule has 0 bridgehead atoms. The van der Waals surface area contributed by atoms with Gasteiger partial charge in [0.1, 0.15) is 0 Å². The second-order valence-electron chi connectivity index (χ2n) is 8.76. The fourth-order valence-corrected chi connectivity index (χ4v) is 4.42. The smallest absolute Gasteiger partial charge is 0.337 e. The molecule has 3 aromatic carbocycles. The molecule has 1 aliphatic rings. The number of hydrazine groups is 1. The second kappa shape index (κ2) is 11.9. The van der Waals surface area contributed by atoms with Crippen molar-refractivity contribution in [1.29, 1.82) is 0 Å². The number of benzene rings is 3. The molecule has 0 saturated heterocycles. The van der Waals surface area contributed by atoms with E-state index in [1.807, 2.05) is 0 Å². The summed E-state index contributed by atoms with van der Waals surface area (Å²) in [5, 5.41) is 15.3. The summed E-state index contributed by atoms with van der Waals surface area (Å²) in [6.45, 7) is 1.44. The predicted molar refractivity (Wildman–Crippen MR) is 148 cm³/mol. The van der Waals surface area contributed by atoms with E-state index in [0.29, 0.717) is 28.4 Å². The van der Waals surface area contributed by atoms with Crippen molar-refractivity contribution in [2.45, 2.75) is 26.0 Å². The number of hydrogen-bond acceptors (Lipinski definition) is 6. The van der Waals surface area contributed by atoms with Crippen molar-refractivity contribution in [1.82, 2.24) is 0 Å². The number of carbonyl (C=O) groups excluding carboxylic acids is 3. The highest BCUT2D eigenvalue weighted by atomic mass is 35.5. The third-order valence-corrected chi connectivity index (χ3v) is 6.38. The van der Waals surface area contributed by atoms with Gasteiger partial charge in [0.15, 0.2) is 12.0 Å². The quantitative estimate of drug-likeness (QED) is 0.358. The summed E-state index contributed by atoms with van der Waals surface area (Å²) < 4.78 is 5.60. The Bertz CT molecular complexity index is 1450. The molecule has 0 aliphatic carbocycles. The van der Waals surface area contributed by atoms with Gasteiger partial charge in [0.25, 0.3) is 5.91 Å². The monoisotopic (exact) mass is 547 g/mol. The Morgan fingerprint density at radius 3 is 2.41 bits per heavy atom. The largest absolute Gasteiger partial charge is 0.478 e. The zero-order valence-electron chi connectivity index (χ0n) is 21.3. The first-order valence-electron chi connectivity index (χ1n) is 12.1. The summed E-state index contributed by atoms with van der Waals surface area (Å²) in [7, 11) is 1.50. The van der Waals surface area contributed by atoms with Crippen molar-refractivity contribution in [3.05, 3.63) is 101 Å². The molecule has 0 saturated carbocycles. The molecule has 1 aliphatic heterocycles. The fraction of sp³-hybridized carbons (Fsp3) is 0.172. The van der Waals surface area contributed by atoms with E-state index in [1.165, 1.54) is 37.3 Å². The average molecular weight is 548 g/mol. The Labute approximate surface area is 230 Å². The van der Waals surface area contributed by atoms with Gasteiger partial charge in [0, 0.05) is 30.2 Å². The lowest BCUT2D eigenvalue weighted by molar-refractivity contribution is -0.116. The number of rotatable bonds is 9. The second-order valence-corrected chi connectivity index (χ2v) is 9.20. The number of nitrogens with zero attached hydrogens (tertiary/aromatic N) is 2. The molecule has 0 fully saturated rings. The Balaban J connectivity index is 1.55. The van der Waals surface area contributed by atoms with E-state index in [9.17, 15) is 24.3 Å². The molecule has 2 N–H and O–H groups in total. The van der Waals surface area contributed by atoms with E-state index in [4.69, 9.17) is 16.3 Å². The highest BCUT2D eigenvalue weighted by Gasteiger charge is 2.34. The highest BCUT2D eigenvalue weighted by Crippen LogP contribution is 2.33. The summed E-state index contributed by atoms with van der Waals surface area (Å²) in [5.41, 5.74) is 2.40. The Kier molecular flexibility index (Phi) is 8.43. The molecule has 3 aromatic rings. The number of ketones is 1. The van der Waals surface area contributed by atoms with Crippen LogP contribution in [-0.2, 0) is 20.7 Å². The number of aryl methyl sites for hydroxylation is 1. The maximum absolute atomic E-state index is 13.1. The number of aromatic carboxylic acids is 1. The van der Waals surface area contributed by atoms with E-state index in [2.05, 4.69) is 5.32 Å². The summed E-state index contributed by atoms with van der Waals surface area (Å²) in [6.07, 6.45) is 2.83. The van der Waals surface area contributed by atoms with E-state index in [0.717, 1.165) is 5.56 Å². The zero-order chi connectivity index (χ0) is 28.1. The van der Waals surface area contributed by atoms with Crippen LogP contribution in [0, 0.1) is 0 Å². The van der Waals surface area contributed by atoms with Crippen LogP contribution < -0.4 is 15.3 Å². The maximum atomic E-state index is 13.1. The van der Waals surface area contributed by atoms with Crippen LogP contribution in [0.25, 0.3) is 0 Å². The van der Waals surface area contributed by atoms with Crippen LogP contribution in [0.3, 0.4) is 0 Å². The Morgan fingerprint density at radius 2 is 1.74 bits per heavy atom. The Hall–Kier alpha value is -4.47. The zero-order valence-corrected chi connectivity index (χ0v) is 22.0. The number of amides is 2. The van der Waals surface area contributed by atoms with Crippen LogP contribution in [0.5, 0.6) is 0 Å². The summed E-state index contributed by atoms with van der Waals surface area (Å²) in [5.74, 6) is -1.99. The number of hydrogen-bond donors (Lipinski definition) is 2. The van der Waals surface area contributed by atoms with Gasteiger partial charge in [-0.2, -0.15) is 0 Å². The van der Waals surface area contributed by atoms with Gasteiger partial charge in [-0.05, 0) is 67.4 Å². The minimum atomic E-state index is -1.12. The molecule has 0 spiro atoms. The van der Waals surface area contributed by atoms with E-state index in [1.54, 1.807) is 65.7 Å². The number of carboxylic acids is 1.